The maximum atomic E-state index is 12.1. The lowest BCUT2D eigenvalue weighted by Crippen LogP contribution is -2.48. The van der Waals surface area contributed by atoms with Crippen LogP contribution in [-0.2, 0) is 11.3 Å². The molecule has 118 valence electrons. The van der Waals surface area contributed by atoms with Gasteiger partial charge in [-0.3, -0.25) is 4.90 Å². The van der Waals surface area contributed by atoms with Crippen molar-refractivity contribution in [2.45, 2.75) is 31.9 Å². The molecule has 3 rings (SSSR count). The lowest BCUT2D eigenvalue weighted by molar-refractivity contribution is 0.00431. The molecule has 0 bridgehead atoms. The summed E-state index contributed by atoms with van der Waals surface area (Å²) in [4.78, 5) is 26.2. The summed E-state index contributed by atoms with van der Waals surface area (Å²) in [6.45, 7) is 3.93. The van der Waals surface area contributed by atoms with Crippen molar-refractivity contribution in [3.63, 3.8) is 0 Å². The number of ether oxygens (including phenoxy) is 1. The van der Waals surface area contributed by atoms with E-state index in [1.807, 2.05) is 31.2 Å². The van der Waals surface area contributed by atoms with Crippen molar-refractivity contribution in [1.29, 1.82) is 0 Å². The van der Waals surface area contributed by atoms with E-state index >= 15 is 0 Å². The monoisotopic (exact) mass is 304 g/mol. The topological polar surface area (TPSA) is 70.1 Å². The molecule has 0 atom stereocenters. The molecule has 6 heteroatoms. The van der Waals surface area contributed by atoms with Crippen molar-refractivity contribution in [2.75, 3.05) is 19.6 Å². The number of carbonyl (C=O) groups excluding carboxylic acids is 1. The molecule has 0 radical (unpaired) electrons. The standard InChI is InChI=1S/C16H20N2O4/c1-12-2-4-13(5-3-12)10-18-11-16(22-15(18)21)6-8-17(9-7-16)14(19)20/h2-5H,6-11H2,1H3,(H,19,20). The van der Waals surface area contributed by atoms with Crippen LogP contribution < -0.4 is 0 Å². The number of hydrogen-bond acceptors (Lipinski definition) is 3. The molecule has 22 heavy (non-hydrogen) atoms. The van der Waals surface area contributed by atoms with Crippen molar-refractivity contribution in [3.05, 3.63) is 35.4 Å². The van der Waals surface area contributed by atoms with E-state index in [-0.39, 0.29) is 6.09 Å². The highest BCUT2D eigenvalue weighted by molar-refractivity contribution is 5.71. The molecular formula is C16H20N2O4. The molecule has 0 aliphatic carbocycles. The Hall–Kier alpha value is -2.24. The van der Waals surface area contributed by atoms with Crippen LogP contribution in [0.25, 0.3) is 0 Å². The van der Waals surface area contributed by atoms with E-state index in [4.69, 9.17) is 9.84 Å². The molecule has 6 nitrogen and oxygen atoms in total. The Labute approximate surface area is 129 Å². The summed E-state index contributed by atoms with van der Waals surface area (Å²) in [6, 6.07) is 8.08. The zero-order valence-corrected chi connectivity index (χ0v) is 12.6. The SMILES string of the molecule is Cc1ccc(CN2CC3(CCN(C(=O)O)CC3)OC2=O)cc1. The van der Waals surface area contributed by atoms with Gasteiger partial charge in [0.05, 0.1) is 6.54 Å². The Morgan fingerprint density at radius 1 is 1.27 bits per heavy atom. The summed E-state index contributed by atoms with van der Waals surface area (Å²) in [7, 11) is 0. The Morgan fingerprint density at radius 3 is 2.50 bits per heavy atom. The fraction of sp³-hybridized carbons (Fsp3) is 0.500. The molecule has 0 saturated carbocycles. The molecule has 1 aromatic rings. The molecule has 2 aliphatic heterocycles. The highest BCUT2D eigenvalue weighted by Crippen LogP contribution is 2.34. The highest BCUT2D eigenvalue weighted by atomic mass is 16.6. The first-order valence-corrected chi connectivity index (χ1v) is 7.49. The van der Waals surface area contributed by atoms with Crippen LogP contribution in [0.5, 0.6) is 0 Å². The minimum absolute atomic E-state index is 0.302. The first kappa shape index (κ1) is 14.7. The van der Waals surface area contributed by atoms with Crippen molar-refractivity contribution in [3.8, 4) is 0 Å². The molecule has 2 aliphatic rings. The van der Waals surface area contributed by atoms with Gasteiger partial charge in [-0.05, 0) is 12.5 Å². The average molecular weight is 304 g/mol. The molecule has 2 heterocycles. The van der Waals surface area contributed by atoms with Crippen LogP contribution in [0, 0.1) is 6.92 Å². The van der Waals surface area contributed by atoms with Gasteiger partial charge in [0, 0.05) is 32.5 Å². The van der Waals surface area contributed by atoms with E-state index in [0.29, 0.717) is 39.0 Å². The first-order valence-electron chi connectivity index (χ1n) is 7.49. The van der Waals surface area contributed by atoms with Gasteiger partial charge in [-0.1, -0.05) is 29.8 Å². The summed E-state index contributed by atoms with van der Waals surface area (Å²) >= 11 is 0. The quantitative estimate of drug-likeness (QED) is 0.911. The van der Waals surface area contributed by atoms with Gasteiger partial charge in [0.25, 0.3) is 0 Å². The average Bonchev–Trinajstić information content (AvgIpc) is 2.77. The van der Waals surface area contributed by atoms with Gasteiger partial charge < -0.3 is 14.7 Å². The third-order valence-electron chi connectivity index (χ3n) is 4.48. The number of amides is 2. The molecule has 2 saturated heterocycles. The van der Waals surface area contributed by atoms with Crippen LogP contribution in [0.15, 0.2) is 24.3 Å². The minimum atomic E-state index is -0.907. The van der Waals surface area contributed by atoms with Crippen molar-refractivity contribution in [1.82, 2.24) is 9.80 Å². The predicted octanol–water partition coefficient (Wildman–Crippen LogP) is 2.46. The first-order chi connectivity index (χ1) is 10.5. The lowest BCUT2D eigenvalue weighted by Gasteiger charge is -2.36. The summed E-state index contributed by atoms with van der Waals surface area (Å²) in [6.07, 6.45) is -0.0785. The molecule has 2 fully saturated rings. The number of nitrogens with zero attached hydrogens (tertiary/aromatic N) is 2. The zero-order chi connectivity index (χ0) is 15.7. The number of likely N-dealkylation sites (tertiary alicyclic amines) is 1. The van der Waals surface area contributed by atoms with Gasteiger partial charge in [0.1, 0.15) is 5.60 Å². The number of benzene rings is 1. The maximum Gasteiger partial charge on any atom is 0.410 e. The molecule has 2 amide bonds. The number of aryl methyl sites for hydroxylation is 1. The molecule has 1 N–H and O–H groups in total. The van der Waals surface area contributed by atoms with Crippen LogP contribution >= 0.6 is 0 Å². The lowest BCUT2D eigenvalue weighted by atomic mass is 9.91. The normalized spacial score (nSPS) is 20.3. The van der Waals surface area contributed by atoms with Crippen LogP contribution in [0.3, 0.4) is 0 Å². The smallest absolute Gasteiger partial charge is 0.410 e. The maximum absolute atomic E-state index is 12.1. The van der Waals surface area contributed by atoms with Gasteiger partial charge in [-0.15, -0.1) is 0 Å². The second kappa shape index (κ2) is 5.51. The van der Waals surface area contributed by atoms with Gasteiger partial charge in [0.15, 0.2) is 0 Å². The van der Waals surface area contributed by atoms with E-state index in [2.05, 4.69) is 0 Å². The zero-order valence-electron chi connectivity index (χ0n) is 12.6. The summed E-state index contributed by atoms with van der Waals surface area (Å²) < 4.78 is 5.59. The van der Waals surface area contributed by atoms with Crippen molar-refractivity contribution in [2.24, 2.45) is 0 Å². The second-order valence-corrected chi connectivity index (χ2v) is 6.16. The Morgan fingerprint density at radius 2 is 1.91 bits per heavy atom. The Balaban J connectivity index is 1.63. The molecule has 1 aromatic carbocycles. The molecular weight excluding hydrogens is 284 g/mol. The van der Waals surface area contributed by atoms with Gasteiger partial charge >= 0.3 is 12.2 Å². The predicted molar refractivity (Wildman–Crippen MR) is 79.6 cm³/mol. The number of hydrogen-bond donors (Lipinski definition) is 1. The molecule has 0 aromatic heterocycles. The second-order valence-electron chi connectivity index (χ2n) is 6.16. The van der Waals surface area contributed by atoms with Crippen molar-refractivity contribution >= 4 is 12.2 Å². The van der Waals surface area contributed by atoms with Crippen LogP contribution in [0.4, 0.5) is 9.59 Å². The van der Waals surface area contributed by atoms with Gasteiger partial charge in [-0.25, -0.2) is 9.59 Å². The van der Waals surface area contributed by atoms with E-state index in [9.17, 15) is 9.59 Å². The van der Waals surface area contributed by atoms with Crippen LogP contribution in [0.2, 0.25) is 0 Å². The van der Waals surface area contributed by atoms with Gasteiger partial charge in [0.2, 0.25) is 0 Å². The van der Waals surface area contributed by atoms with E-state index < -0.39 is 11.7 Å². The Kier molecular flexibility index (Phi) is 3.68. The van der Waals surface area contributed by atoms with E-state index in [0.717, 1.165) is 5.56 Å². The van der Waals surface area contributed by atoms with Crippen LogP contribution in [-0.4, -0.2) is 52.3 Å². The fourth-order valence-electron chi connectivity index (χ4n) is 3.09. The van der Waals surface area contributed by atoms with E-state index in [1.165, 1.54) is 10.5 Å². The summed E-state index contributed by atoms with van der Waals surface area (Å²) in [5.41, 5.74) is 1.74. The number of rotatable bonds is 2. The van der Waals surface area contributed by atoms with E-state index in [1.54, 1.807) is 4.90 Å². The molecule has 0 unspecified atom stereocenters. The van der Waals surface area contributed by atoms with Gasteiger partial charge in [-0.2, -0.15) is 0 Å². The highest BCUT2D eigenvalue weighted by Gasteiger charge is 2.47. The number of piperidine rings is 1. The Bertz CT molecular complexity index is 576. The molecule has 1 spiro atoms. The summed E-state index contributed by atoms with van der Waals surface area (Å²) in [5.74, 6) is 0. The third kappa shape index (κ3) is 2.86. The number of carbonyl (C=O) groups is 2. The minimum Gasteiger partial charge on any atom is -0.465 e. The third-order valence-corrected chi connectivity index (χ3v) is 4.48. The largest absolute Gasteiger partial charge is 0.465 e. The summed E-state index contributed by atoms with van der Waals surface area (Å²) in [5, 5.41) is 9.00. The van der Waals surface area contributed by atoms with Crippen LogP contribution in [0.1, 0.15) is 24.0 Å². The fourth-order valence-corrected chi connectivity index (χ4v) is 3.09. The van der Waals surface area contributed by atoms with Crippen molar-refractivity contribution < 1.29 is 19.4 Å². The number of carboxylic acid groups (broad SMARTS) is 1.